The van der Waals surface area contributed by atoms with Crippen molar-refractivity contribution in [1.29, 1.82) is 0 Å². The van der Waals surface area contributed by atoms with Gasteiger partial charge in [0.2, 0.25) is 5.91 Å². The summed E-state index contributed by atoms with van der Waals surface area (Å²) < 4.78 is 27.9. The highest BCUT2D eigenvalue weighted by Gasteiger charge is 2.19. The van der Waals surface area contributed by atoms with Gasteiger partial charge in [-0.2, -0.15) is 0 Å². The fraction of sp³-hybridized carbons (Fsp3) is 0.278. The highest BCUT2D eigenvalue weighted by molar-refractivity contribution is 7.92. The molecule has 2 aromatic rings. The standard InChI is InChI=1S/C18H21ClN2O3S/c1-12(2)10-18(22)20-14-9-8-13(3)17(11-14)25(23,24)21-16-7-5-4-6-15(16)19/h4-9,11-12,21H,10H2,1-3H3,(H,20,22). The van der Waals surface area contributed by atoms with Gasteiger partial charge in [-0.05, 0) is 42.7 Å². The Balaban J connectivity index is 2.29. The Hall–Kier alpha value is -2.05. The van der Waals surface area contributed by atoms with E-state index in [9.17, 15) is 13.2 Å². The molecular weight excluding hydrogens is 360 g/mol. The molecule has 0 unspecified atom stereocenters. The van der Waals surface area contributed by atoms with E-state index in [-0.39, 0.29) is 16.7 Å². The normalized spacial score (nSPS) is 11.4. The van der Waals surface area contributed by atoms with Gasteiger partial charge in [0.15, 0.2) is 0 Å². The quantitative estimate of drug-likeness (QED) is 0.778. The van der Waals surface area contributed by atoms with Crippen LogP contribution in [0.2, 0.25) is 5.02 Å². The zero-order chi connectivity index (χ0) is 18.6. The number of para-hydroxylation sites is 1. The molecule has 0 saturated heterocycles. The molecule has 0 aliphatic rings. The van der Waals surface area contributed by atoms with Crippen molar-refractivity contribution in [3.8, 4) is 0 Å². The van der Waals surface area contributed by atoms with Crippen molar-refractivity contribution in [1.82, 2.24) is 0 Å². The van der Waals surface area contributed by atoms with Crippen LogP contribution in [-0.4, -0.2) is 14.3 Å². The number of nitrogens with one attached hydrogen (secondary N) is 2. The van der Waals surface area contributed by atoms with Crippen molar-refractivity contribution in [2.45, 2.75) is 32.1 Å². The maximum absolute atomic E-state index is 12.7. The minimum absolute atomic E-state index is 0.0924. The Morgan fingerprint density at radius 2 is 1.84 bits per heavy atom. The average molecular weight is 381 g/mol. The van der Waals surface area contributed by atoms with E-state index in [0.29, 0.717) is 28.4 Å². The molecule has 0 aliphatic carbocycles. The van der Waals surface area contributed by atoms with E-state index < -0.39 is 10.0 Å². The number of rotatable bonds is 6. The van der Waals surface area contributed by atoms with Crippen LogP contribution in [0.25, 0.3) is 0 Å². The zero-order valence-electron chi connectivity index (χ0n) is 14.3. The Kier molecular flexibility index (Phi) is 6.08. The van der Waals surface area contributed by atoms with Crippen molar-refractivity contribution in [2.24, 2.45) is 5.92 Å². The van der Waals surface area contributed by atoms with Crippen LogP contribution in [0, 0.1) is 12.8 Å². The predicted octanol–water partition coefficient (Wildman–Crippen LogP) is 4.43. The van der Waals surface area contributed by atoms with Gasteiger partial charge >= 0.3 is 0 Å². The molecule has 5 nitrogen and oxygen atoms in total. The molecule has 0 bridgehead atoms. The van der Waals surface area contributed by atoms with E-state index in [1.165, 1.54) is 6.07 Å². The van der Waals surface area contributed by atoms with Crippen molar-refractivity contribution in [3.05, 3.63) is 53.1 Å². The van der Waals surface area contributed by atoms with Crippen LogP contribution in [0.15, 0.2) is 47.4 Å². The number of sulfonamides is 1. The first-order valence-electron chi connectivity index (χ1n) is 7.87. The lowest BCUT2D eigenvalue weighted by molar-refractivity contribution is -0.116. The number of halogens is 1. The van der Waals surface area contributed by atoms with Crippen LogP contribution in [-0.2, 0) is 14.8 Å². The molecule has 25 heavy (non-hydrogen) atoms. The molecule has 0 fully saturated rings. The summed E-state index contributed by atoms with van der Waals surface area (Å²) in [5, 5.41) is 3.04. The van der Waals surface area contributed by atoms with Crippen LogP contribution in [0.1, 0.15) is 25.8 Å². The maximum atomic E-state index is 12.7. The van der Waals surface area contributed by atoms with Crippen molar-refractivity contribution in [2.75, 3.05) is 10.0 Å². The molecule has 1 amide bonds. The predicted molar refractivity (Wildman–Crippen MR) is 102 cm³/mol. The Labute approximate surface area is 153 Å². The molecule has 0 saturated carbocycles. The molecule has 7 heteroatoms. The Morgan fingerprint density at radius 1 is 1.16 bits per heavy atom. The second-order valence-electron chi connectivity index (χ2n) is 6.21. The first-order chi connectivity index (χ1) is 11.7. The Bertz CT molecular complexity index is 880. The minimum atomic E-state index is -3.83. The molecule has 0 atom stereocenters. The lowest BCUT2D eigenvalue weighted by Crippen LogP contribution is -2.17. The number of aryl methyl sites for hydroxylation is 1. The van der Waals surface area contributed by atoms with Gasteiger partial charge in [-0.1, -0.05) is 43.6 Å². The molecule has 0 aromatic heterocycles. The van der Waals surface area contributed by atoms with Gasteiger partial charge in [-0.25, -0.2) is 8.42 Å². The molecule has 134 valence electrons. The van der Waals surface area contributed by atoms with Crippen LogP contribution in [0.4, 0.5) is 11.4 Å². The number of anilines is 2. The van der Waals surface area contributed by atoms with Gasteiger partial charge < -0.3 is 5.32 Å². The van der Waals surface area contributed by atoms with Gasteiger partial charge in [-0.3, -0.25) is 9.52 Å². The number of benzene rings is 2. The number of amides is 1. The number of carbonyl (C=O) groups excluding carboxylic acids is 1. The summed E-state index contributed by atoms with van der Waals surface area (Å²) in [5.74, 6) is 0.0665. The first kappa shape index (κ1) is 19.3. The second kappa shape index (κ2) is 7.89. The summed E-state index contributed by atoms with van der Waals surface area (Å²) in [6.45, 7) is 5.58. The monoisotopic (exact) mass is 380 g/mol. The highest BCUT2D eigenvalue weighted by Crippen LogP contribution is 2.27. The van der Waals surface area contributed by atoms with E-state index in [1.54, 1.807) is 43.3 Å². The summed E-state index contributed by atoms with van der Waals surface area (Å²) in [6, 6.07) is 11.4. The van der Waals surface area contributed by atoms with Crippen molar-refractivity contribution >= 4 is 38.9 Å². The zero-order valence-corrected chi connectivity index (χ0v) is 15.9. The Morgan fingerprint density at radius 3 is 2.48 bits per heavy atom. The highest BCUT2D eigenvalue weighted by atomic mass is 35.5. The van der Waals surface area contributed by atoms with Gasteiger partial charge in [0.25, 0.3) is 10.0 Å². The summed E-state index contributed by atoms with van der Waals surface area (Å²) in [7, 11) is -3.83. The molecular formula is C18H21ClN2O3S. The van der Waals surface area contributed by atoms with Gasteiger partial charge in [0.1, 0.15) is 0 Å². The molecule has 0 heterocycles. The van der Waals surface area contributed by atoms with E-state index >= 15 is 0 Å². The van der Waals surface area contributed by atoms with Crippen LogP contribution < -0.4 is 10.0 Å². The van der Waals surface area contributed by atoms with E-state index in [1.807, 2.05) is 13.8 Å². The summed E-state index contributed by atoms with van der Waals surface area (Å²) in [4.78, 5) is 12.0. The average Bonchev–Trinajstić information content (AvgIpc) is 2.50. The lowest BCUT2D eigenvalue weighted by Gasteiger charge is -2.14. The van der Waals surface area contributed by atoms with E-state index in [4.69, 9.17) is 11.6 Å². The van der Waals surface area contributed by atoms with Crippen LogP contribution in [0.5, 0.6) is 0 Å². The fourth-order valence-electron chi connectivity index (χ4n) is 2.29. The van der Waals surface area contributed by atoms with Gasteiger partial charge in [0.05, 0.1) is 15.6 Å². The molecule has 0 aliphatic heterocycles. The van der Waals surface area contributed by atoms with Crippen molar-refractivity contribution < 1.29 is 13.2 Å². The van der Waals surface area contributed by atoms with Gasteiger partial charge in [-0.15, -0.1) is 0 Å². The molecule has 2 rings (SSSR count). The SMILES string of the molecule is Cc1ccc(NC(=O)CC(C)C)cc1S(=O)(=O)Nc1ccccc1Cl. The molecule has 0 spiro atoms. The fourth-order valence-corrected chi connectivity index (χ4v) is 3.88. The molecule has 2 aromatic carbocycles. The summed E-state index contributed by atoms with van der Waals surface area (Å²) >= 11 is 6.02. The number of hydrogen-bond acceptors (Lipinski definition) is 3. The van der Waals surface area contributed by atoms with E-state index in [0.717, 1.165) is 0 Å². The summed E-state index contributed by atoms with van der Waals surface area (Å²) in [6.07, 6.45) is 0.369. The van der Waals surface area contributed by atoms with Crippen LogP contribution in [0.3, 0.4) is 0 Å². The van der Waals surface area contributed by atoms with E-state index in [2.05, 4.69) is 10.0 Å². The number of carbonyl (C=O) groups is 1. The minimum Gasteiger partial charge on any atom is -0.326 e. The third-order valence-electron chi connectivity index (χ3n) is 3.47. The second-order valence-corrected chi connectivity index (χ2v) is 8.27. The number of hydrogen-bond donors (Lipinski definition) is 2. The topological polar surface area (TPSA) is 75.3 Å². The largest absolute Gasteiger partial charge is 0.326 e. The smallest absolute Gasteiger partial charge is 0.262 e. The molecule has 0 radical (unpaired) electrons. The third kappa shape index (κ3) is 5.21. The maximum Gasteiger partial charge on any atom is 0.262 e. The van der Waals surface area contributed by atoms with Crippen molar-refractivity contribution in [3.63, 3.8) is 0 Å². The lowest BCUT2D eigenvalue weighted by atomic mass is 10.1. The van der Waals surface area contributed by atoms with Gasteiger partial charge in [0, 0.05) is 12.1 Å². The molecule has 2 N–H and O–H groups in total. The summed E-state index contributed by atoms with van der Waals surface area (Å²) in [5.41, 5.74) is 1.31. The first-order valence-corrected chi connectivity index (χ1v) is 9.73. The van der Waals surface area contributed by atoms with Crippen LogP contribution >= 0.6 is 11.6 Å². The third-order valence-corrected chi connectivity index (χ3v) is 5.31.